The second kappa shape index (κ2) is 9.10. The van der Waals surface area contributed by atoms with Crippen LogP contribution in [0.5, 0.6) is 5.75 Å². The third kappa shape index (κ3) is 5.37. The molecule has 0 bridgehead atoms. The molecule has 27 heavy (non-hydrogen) atoms. The summed E-state index contributed by atoms with van der Waals surface area (Å²) in [7, 11) is 1.62. The van der Waals surface area contributed by atoms with Gasteiger partial charge in [0.05, 0.1) is 18.9 Å². The fraction of sp³-hybridized carbons (Fsp3) is 0.350. The molecule has 1 unspecified atom stereocenters. The third-order valence-electron chi connectivity index (χ3n) is 4.42. The van der Waals surface area contributed by atoms with E-state index in [9.17, 15) is 8.78 Å². The topological polar surface area (TPSA) is 33.7 Å². The van der Waals surface area contributed by atoms with Crippen molar-refractivity contribution in [2.45, 2.75) is 25.5 Å². The molecule has 7 heteroatoms. The molecule has 2 aromatic carbocycles. The van der Waals surface area contributed by atoms with Crippen LogP contribution in [0.15, 0.2) is 42.5 Å². The average molecular weight is 392 g/mol. The third-order valence-corrected chi connectivity index (χ3v) is 4.78. The molecule has 1 saturated heterocycles. The maximum atomic E-state index is 14.0. The van der Waals surface area contributed by atoms with Crippen LogP contribution in [0.3, 0.4) is 0 Å². The molecule has 2 aromatic rings. The molecule has 0 amide bonds. The molecular formula is C20H22F2N2O2S. The van der Waals surface area contributed by atoms with Crippen LogP contribution >= 0.6 is 12.2 Å². The minimum Gasteiger partial charge on any atom is -0.497 e. The normalized spacial score (nSPS) is 16.2. The van der Waals surface area contributed by atoms with Crippen LogP contribution in [-0.2, 0) is 11.3 Å². The molecule has 0 saturated carbocycles. The van der Waals surface area contributed by atoms with Gasteiger partial charge in [-0.15, -0.1) is 0 Å². The Labute approximate surface area is 163 Å². The van der Waals surface area contributed by atoms with E-state index in [1.54, 1.807) is 7.11 Å². The molecular weight excluding hydrogens is 370 g/mol. The number of nitrogens with zero attached hydrogens (tertiary/aromatic N) is 1. The van der Waals surface area contributed by atoms with Crippen molar-refractivity contribution in [3.8, 4) is 5.75 Å². The van der Waals surface area contributed by atoms with Gasteiger partial charge in [-0.2, -0.15) is 0 Å². The van der Waals surface area contributed by atoms with Crippen LogP contribution in [0.1, 0.15) is 18.4 Å². The molecule has 0 spiro atoms. The molecule has 1 fully saturated rings. The van der Waals surface area contributed by atoms with E-state index in [-0.39, 0.29) is 11.8 Å². The van der Waals surface area contributed by atoms with E-state index in [1.165, 1.54) is 12.1 Å². The summed E-state index contributed by atoms with van der Waals surface area (Å²) in [5.74, 6) is -0.555. The zero-order chi connectivity index (χ0) is 19.2. The van der Waals surface area contributed by atoms with Crippen molar-refractivity contribution in [3.05, 3.63) is 59.7 Å². The highest BCUT2D eigenvalue weighted by atomic mass is 32.1. The van der Waals surface area contributed by atoms with Crippen molar-refractivity contribution in [1.29, 1.82) is 0 Å². The molecule has 1 heterocycles. The maximum Gasteiger partial charge on any atom is 0.173 e. The Morgan fingerprint density at radius 3 is 2.85 bits per heavy atom. The molecule has 3 rings (SSSR count). The minimum atomic E-state index is -0.684. The van der Waals surface area contributed by atoms with Gasteiger partial charge in [-0.25, -0.2) is 8.78 Å². The molecule has 0 aromatic heterocycles. The highest BCUT2D eigenvalue weighted by Crippen LogP contribution is 2.20. The number of ether oxygens (including phenoxy) is 2. The van der Waals surface area contributed by atoms with Crippen molar-refractivity contribution in [1.82, 2.24) is 4.90 Å². The van der Waals surface area contributed by atoms with Crippen LogP contribution in [0.4, 0.5) is 14.5 Å². The Balaban J connectivity index is 1.76. The Bertz CT molecular complexity index is 797. The van der Waals surface area contributed by atoms with Gasteiger partial charge in [-0.1, -0.05) is 12.1 Å². The van der Waals surface area contributed by atoms with Gasteiger partial charge >= 0.3 is 0 Å². The van der Waals surface area contributed by atoms with Crippen LogP contribution in [0.2, 0.25) is 0 Å². The van der Waals surface area contributed by atoms with E-state index in [0.29, 0.717) is 18.2 Å². The zero-order valence-electron chi connectivity index (χ0n) is 15.1. The molecule has 0 aliphatic carbocycles. The highest BCUT2D eigenvalue weighted by Gasteiger charge is 2.22. The summed E-state index contributed by atoms with van der Waals surface area (Å²) in [6.45, 7) is 1.85. The number of hydrogen-bond donors (Lipinski definition) is 1. The van der Waals surface area contributed by atoms with Gasteiger partial charge < -0.3 is 19.7 Å². The van der Waals surface area contributed by atoms with E-state index >= 15 is 0 Å². The van der Waals surface area contributed by atoms with Crippen LogP contribution in [0.25, 0.3) is 0 Å². The summed E-state index contributed by atoms with van der Waals surface area (Å²) >= 11 is 5.51. The van der Waals surface area contributed by atoms with E-state index < -0.39 is 11.6 Å². The van der Waals surface area contributed by atoms with E-state index in [2.05, 4.69) is 5.32 Å². The lowest BCUT2D eigenvalue weighted by Gasteiger charge is -2.28. The van der Waals surface area contributed by atoms with Gasteiger partial charge in [0.15, 0.2) is 5.11 Å². The van der Waals surface area contributed by atoms with Crippen LogP contribution in [-0.4, -0.2) is 36.4 Å². The molecule has 1 aliphatic rings. The lowest BCUT2D eigenvalue weighted by molar-refractivity contribution is 0.0905. The predicted octanol–water partition coefficient (Wildman–Crippen LogP) is 4.35. The van der Waals surface area contributed by atoms with Gasteiger partial charge in [-0.05, 0) is 54.9 Å². The summed E-state index contributed by atoms with van der Waals surface area (Å²) < 4.78 is 38.1. The number of nitrogens with one attached hydrogen (secondary N) is 1. The zero-order valence-corrected chi connectivity index (χ0v) is 15.9. The first-order valence-corrected chi connectivity index (χ1v) is 9.21. The first kappa shape index (κ1) is 19.5. The van der Waals surface area contributed by atoms with Gasteiger partial charge in [-0.3, -0.25) is 0 Å². The van der Waals surface area contributed by atoms with Crippen LogP contribution in [0, 0.1) is 11.6 Å². The number of anilines is 1. The Hall–Kier alpha value is -2.25. The molecule has 1 N–H and O–H groups in total. The number of rotatable bonds is 6. The Morgan fingerprint density at radius 2 is 2.15 bits per heavy atom. The predicted molar refractivity (Wildman–Crippen MR) is 105 cm³/mol. The number of halogens is 2. The van der Waals surface area contributed by atoms with E-state index in [0.717, 1.165) is 36.8 Å². The number of hydrogen-bond acceptors (Lipinski definition) is 3. The van der Waals surface area contributed by atoms with Gasteiger partial charge in [0.25, 0.3) is 0 Å². The lowest BCUT2D eigenvalue weighted by Crippen LogP contribution is -2.39. The van der Waals surface area contributed by atoms with Crippen molar-refractivity contribution in [2.24, 2.45) is 0 Å². The van der Waals surface area contributed by atoms with Gasteiger partial charge in [0, 0.05) is 25.8 Å². The summed E-state index contributed by atoms with van der Waals surface area (Å²) in [5, 5.41) is 3.25. The second-order valence-electron chi connectivity index (χ2n) is 6.42. The molecule has 144 valence electrons. The first-order chi connectivity index (χ1) is 13.0. The van der Waals surface area contributed by atoms with Crippen molar-refractivity contribution < 1.29 is 18.3 Å². The lowest BCUT2D eigenvalue weighted by atomic mass is 10.2. The van der Waals surface area contributed by atoms with Gasteiger partial charge in [0.2, 0.25) is 0 Å². The van der Waals surface area contributed by atoms with Crippen molar-refractivity contribution >= 4 is 23.0 Å². The number of methoxy groups -OCH3 is 1. The minimum absolute atomic E-state index is 0.0772. The molecule has 0 radical (unpaired) electrons. The first-order valence-electron chi connectivity index (χ1n) is 8.80. The molecule has 1 aliphatic heterocycles. The summed E-state index contributed by atoms with van der Waals surface area (Å²) in [5.41, 5.74) is 1.15. The average Bonchev–Trinajstić information content (AvgIpc) is 3.17. The maximum absolute atomic E-state index is 14.0. The summed E-state index contributed by atoms with van der Waals surface area (Å²) in [6, 6.07) is 11.1. The standard InChI is InChI=1S/C20H22F2N2O2S/c1-25-16-5-2-4-14(10-16)12-24(13-17-6-3-9-26-17)20(27)23-19-8-7-15(21)11-18(19)22/h2,4-5,7-8,10-11,17H,3,6,9,12-13H2,1H3,(H,23,27). The molecule has 1 atom stereocenters. The van der Waals surface area contributed by atoms with Crippen molar-refractivity contribution in [2.75, 3.05) is 25.6 Å². The second-order valence-corrected chi connectivity index (χ2v) is 6.81. The smallest absolute Gasteiger partial charge is 0.173 e. The van der Waals surface area contributed by atoms with Crippen molar-refractivity contribution in [3.63, 3.8) is 0 Å². The summed E-state index contributed by atoms with van der Waals surface area (Å²) in [4.78, 5) is 1.93. The Kier molecular flexibility index (Phi) is 6.58. The number of benzene rings is 2. The van der Waals surface area contributed by atoms with E-state index in [1.807, 2.05) is 29.2 Å². The van der Waals surface area contributed by atoms with E-state index in [4.69, 9.17) is 21.7 Å². The summed E-state index contributed by atoms with van der Waals surface area (Å²) in [6.07, 6.45) is 2.06. The van der Waals surface area contributed by atoms with Gasteiger partial charge in [0.1, 0.15) is 17.4 Å². The highest BCUT2D eigenvalue weighted by molar-refractivity contribution is 7.80. The molecule has 4 nitrogen and oxygen atoms in total. The Morgan fingerprint density at radius 1 is 1.30 bits per heavy atom. The number of thiocarbonyl (C=S) groups is 1. The monoisotopic (exact) mass is 392 g/mol. The van der Waals surface area contributed by atoms with Crippen LogP contribution < -0.4 is 10.1 Å². The quantitative estimate of drug-likeness (QED) is 0.739. The fourth-order valence-corrected chi connectivity index (χ4v) is 3.28. The largest absolute Gasteiger partial charge is 0.497 e. The fourth-order valence-electron chi connectivity index (χ4n) is 3.03. The SMILES string of the molecule is COc1cccc(CN(CC2CCCO2)C(=S)Nc2ccc(F)cc2F)c1.